The van der Waals surface area contributed by atoms with Crippen LogP contribution >= 0.6 is 0 Å². The summed E-state index contributed by atoms with van der Waals surface area (Å²) >= 11 is 0. The minimum absolute atomic E-state index is 0.0817. The Balaban J connectivity index is 4.22. The summed E-state index contributed by atoms with van der Waals surface area (Å²) in [6.45, 7) is 6.43. The monoisotopic (exact) mass is 865 g/mol. The molecule has 1 unspecified atom stereocenters. The molecule has 0 rings (SSSR count). The summed E-state index contributed by atoms with van der Waals surface area (Å²) in [5.41, 5.74) is 0. The van der Waals surface area contributed by atoms with E-state index in [1.54, 1.807) is 0 Å². The Hall–Kier alpha value is -3.15. The second kappa shape index (κ2) is 50.5. The smallest absolute Gasteiger partial charge is 0.306 e. The van der Waals surface area contributed by atoms with E-state index in [9.17, 15) is 14.4 Å². The molecule has 0 heterocycles. The Morgan fingerprint density at radius 3 is 1.03 bits per heavy atom. The van der Waals surface area contributed by atoms with E-state index in [0.717, 1.165) is 109 Å². The van der Waals surface area contributed by atoms with Crippen LogP contribution in [0.15, 0.2) is 72.9 Å². The number of allylic oxidation sites excluding steroid dienone is 12. The van der Waals surface area contributed by atoms with Gasteiger partial charge in [-0.15, -0.1) is 0 Å². The van der Waals surface area contributed by atoms with Crippen LogP contribution in [0.3, 0.4) is 0 Å². The first-order valence-corrected chi connectivity index (χ1v) is 25.9. The number of rotatable bonds is 46. The van der Waals surface area contributed by atoms with Gasteiger partial charge in [0.15, 0.2) is 6.10 Å². The fourth-order valence-electron chi connectivity index (χ4n) is 7.04. The highest BCUT2D eigenvalue weighted by atomic mass is 16.6. The molecule has 0 bridgehead atoms. The number of hydrogen-bond donors (Lipinski definition) is 0. The van der Waals surface area contributed by atoms with Crippen molar-refractivity contribution < 1.29 is 28.6 Å². The molecule has 0 spiro atoms. The minimum Gasteiger partial charge on any atom is -0.462 e. The van der Waals surface area contributed by atoms with Crippen LogP contribution in [-0.2, 0) is 28.6 Å². The van der Waals surface area contributed by atoms with Gasteiger partial charge in [-0.25, -0.2) is 0 Å². The van der Waals surface area contributed by atoms with Crippen LogP contribution < -0.4 is 0 Å². The Morgan fingerprint density at radius 1 is 0.339 bits per heavy atom. The van der Waals surface area contributed by atoms with Gasteiger partial charge in [-0.3, -0.25) is 14.4 Å². The van der Waals surface area contributed by atoms with E-state index in [1.165, 1.54) is 96.3 Å². The lowest BCUT2D eigenvalue weighted by Gasteiger charge is -2.18. The van der Waals surface area contributed by atoms with Crippen molar-refractivity contribution in [1.29, 1.82) is 0 Å². The van der Waals surface area contributed by atoms with Crippen molar-refractivity contribution >= 4 is 17.9 Å². The van der Waals surface area contributed by atoms with Crippen LogP contribution in [0.4, 0.5) is 0 Å². The molecule has 6 nitrogen and oxygen atoms in total. The number of hydrogen-bond acceptors (Lipinski definition) is 6. The number of esters is 3. The number of ether oxygens (including phenoxy) is 3. The van der Waals surface area contributed by atoms with Crippen molar-refractivity contribution in [2.45, 2.75) is 252 Å². The molecule has 0 N–H and O–H groups in total. The molecule has 356 valence electrons. The Labute approximate surface area is 382 Å². The van der Waals surface area contributed by atoms with Gasteiger partial charge in [0.1, 0.15) is 13.2 Å². The highest BCUT2D eigenvalue weighted by molar-refractivity contribution is 5.71. The fourth-order valence-corrected chi connectivity index (χ4v) is 7.04. The first-order valence-electron chi connectivity index (χ1n) is 25.9. The van der Waals surface area contributed by atoms with E-state index in [4.69, 9.17) is 14.2 Å². The number of unbranched alkanes of at least 4 members (excludes halogenated alkanes) is 23. The van der Waals surface area contributed by atoms with Crippen LogP contribution in [0.5, 0.6) is 0 Å². The molecule has 6 heteroatoms. The van der Waals surface area contributed by atoms with Gasteiger partial charge >= 0.3 is 17.9 Å². The number of carbonyl (C=O) groups is 3. The molecule has 0 aliphatic carbocycles. The molecular weight excluding hydrogens is 769 g/mol. The van der Waals surface area contributed by atoms with Crippen molar-refractivity contribution in [1.82, 2.24) is 0 Å². The first kappa shape index (κ1) is 58.9. The SMILES string of the molecule is CC/C=C\C/C=C\C/C=C\C/C=C\CCCCCCCCCCCCC(=O)OCC(COC(=O)CCCCCCCCC)OC(=O)CCCCCCC/C=C\C/C=C\CCCC. The molecule has 0 fully saturated rings. The maximum Gasteiger partial charge on any atom is 0.306 e. The quantitative estimate of drug-likeness (QED) is 0.0262. The third-order valence-electron chi connectivity index (χ3n) is 10.9. The zero-order valence-electron chi connectivity index (χ0n) is 40.6. The molecule has 0 aliphatic heterocycles. The van der Waals surface area contributed by atoms with Crippen LogP contribution in [0, 0.1) is 0 Å². The van der Waals surface area contributed by atoms with Crippen LogP contribution in [0.25, 0.3) is 0 Å². The average molecular weight is 865 g/mol. The van der Waals surface area contributed by atoms with Gasteiger partial charge in [0.2, 0.25) is 0 Å². The third-order valence-corrected chi connectivity index (χ3v) is 10.9. The molecular formula is C56H96O6. The van der Waals surface area contributed by atoms with Gasteiger partial charge in [-0.2, -0.15) is 0 Å². The summed E-state index contributed by atoms with van der Waals surface area (Å²) in [6, 6.07) is 0. The highest BCUT2D eigenvalue weighted by Crippen LogP contribution is 2.14. The van der Waals surface area contributed by atoms with Gasteiger partial charge in [0, 0.05) is 19.3 Å². The summed E-state index contributed by atoms with van der Waals surface area (Å²) in [4.78, 5) is 37.8. The third kappa shape index (κ3) is 47.9. The molecule has 62 heavy (non-hydrogen) atoms. The van der Waals surface area contributed by atoms with E-state index < -0.39 is 6.10 Å². The average Bonchev–Trinajstić information content (AvgIpc) is 3.27. The van der Waals surface area contributed by atoms with Crippen molar-refractivity contribution in [3.8, 4) is 0 Å². The topological polar surface area (TPSA) is 78.9 Å². The van der Waals surface area contributed by atoms with Gasteiger partial charge in [-0.05, 0) is 83.5 Å². The predicted molar refractivity (Wildman–Crippen MR) is 265 cm³/mol. The molecule has 1 atom stereocenters. The van der Waals surface area contributed by atoms with Crippen LogP contribution in [0.1, 0.15) is 245 Å². The molecule has 0 amide bonds. The standard InChI is InChI=1S/C56H96O6/c1-4-7-10-13-16-18-20-22-24-25-26-27-28-29-30-31-32-34-35-37-40-43-46-49-55(58)61-52-53(51-60-54(57)48-45-42-39-15-12-9-6-3)62-56(59)50-47-44-41-38-36-33-23-21-19-17-14-11-8-5-2/h7,10,14,16-18,21-24,26-27,53H,4-6,8-9,11-13,15,19-20,25,28-52H2,1-3H3/b10-7-,17-14-,18-16-,23-21-,24-22-,27-26-. The second-order valence-corrected chi connectivity index (χ2v) is 17.1. The predicted octanol–water partition coefficient (Wildman–Crippen LogP) is 17.0. The zero-order valence-corrected chi connectivity index (χ0v) is 40.6. The van der Waals surface area contributed by atoms with Gasteiger partial charge in [0.05, 0.1) is 0 Å². The summed E-state index contributed by atoms with van der Waals surface area (Å²) in [5.74, 6) is -0.906. The van der Waals surface area contributed by atoms with Crippen molar-refractivity contribution in [2.75, 3.05) is 13.2 Å². The summed E-state index contributed by atoms with van der Waals surface area (Å²) < 4.78 is 16.7. The first-order chi connectivity index (χ1) is 30.5. The number of carbonyl (C=O) groups excluding carboxylic acids is 3. The maximum absolute atomic E-state index is 12.7. The minimum atomic E-state index is -0.780. The summed E-state index contributed by atoms with van der Waals surface area (Å²) in [7, 11) is 0. The highest BCUT2D eigenvalue weighted by Gasteiger charge is 2.19. The lowest BCUT2D eigenvalue weighted by atomic mass is 10.1. The molecule has 0 aromatic heterocycles. The van der Waals surface area contributed by atoms with E-state index in [2.05, 4.69) is 93.7 Å². The Kier molecular flexibility index (Phi) is 47.9. The van der Waals surface area contributed by atoms with E-state index in [1.807, 2.05) is 0 Å². The molecule has 0 aromatic rings. The maximum atomic E-state index is 12.7. The van der Waals surface area contributed by atoms with Gasteiger partial charge in [-0.1, -0.05) is 216 Å². The summed E-state index contributed by atoms with van der Waals surface area (Å²) in [6.07, 6.45) is 63.3. The zero-order chi connectivity index (χ0) is 45.1. The molecule has 0 aliphatic rings. The van der Waals surface area contributed by atoms with Crippen molar-refractivity contribution in [2.24, 2.45) is 0 Å². The summed E-state index contributed by atoms with van der Waals surface area (Å²) in [5, 5.41) is 0. The lowest BCUT2D eigenvalue weighted by molar-refractivity contribution is -0.167. The van der Waals surface area contributed by atoms with Crippen molar-refractivity contribution in [3.05, 3.63) is 72.9 Å². The molecule has 0 radical (unpaired) electrons. The molecule has 0 aromatic carbocycles. The van der Waals surface area contributed by atoms with E-state index in [0.29, 0.717) is 19.3 Å². The normalized spacial score (nSPS) is 12.6. The van der Waals surface area contributed by atoms with Crippen molar-refractivity contribution in [3.63, 3.8) is 0 Å². The van der Waals surface area contributed by atoms with Crippen LogP contribution in [0.2, 0.25) is 0 Å². The molecule has 0 saturated carbocycles. The Morgan fingerprint density at radius 2 is 0.645 bits per heavy atom. The molecule has 0 saturated heterocycles. The van der Waals surface area contributed by atoms with Gasteiger partial charge in [0.25, 0.3) is 0 Å². The van der Waals surface area contributed by atoms with Crippen LogP contribution in [-0.4, -0.2) is 37.2 Å². The lowest BCUT2D eigenvalue weighted by Crippen LogP contribution is -2.30. The van der Waals surface area contributed by atoms with E-state index in [-0.39, 0.29) is 31.1 Å². The second-order valence-electron chi connectivity index (χ2n) is 17.1. The Bertz CT molecular complexity index is 1180. The van der Waals surface area contributed by atoms with Gasteiger partial charge < -0.3 is 14.2 Å². The fraction of sp³-hybridized carbons (Fsp3) is 0.732. The van der Waals surface area contributed by atoms with E-state index >= 15 is 0 Å². The largest absolute Gasteiger partial charge is 0.462 e.